The molecule has 0 aromatic heterocycles. The van der Waals surface area contributed by atoms with Gasteiger partial charge in [0, 0.05) is 111 Å². The van der Waals surface area contributed by atoms with Crippen molar-refractivity contribution in [2.45, 2.75) is 103 Å². The molecule has 5 amide bonds. The summed E-state index contributed by atoms with van der Waals surface area (Å²) in [6, 6.07) is 25.6. The monoisotopic (exact) mass is 1190 g/mol. The normalized spacial score (nSPS) is 22.4. The number of piperazine rings is 1. The zero-order valence-electron chi connectivity index (χ0n) is 48.8. The largest absolute Gasteiger partial charge is 0.381 e. The molecule has 1 unspecified atom stereocenters. The second kappa shape index (κ2) is 27.1. The highest BCUT2D eigenvalue weighted by molar-refractivity contribution is 6.08. The molecule has 20 heteroatoms. The van der Waals surface area contributed by atoms with Gasteiger partial charge in [0.25, 0.3) is 11.8 Å². The van der Waals surface area contributed by atoms with Crippen LogP contribution in [0.15, 0.2) is 103 Å². The van der Waals surface area contributed by atoms with E-state index < -0.39 is 52.4 Å². The van der Waals surface area contributed by atoms with Crippen molar-refractivity contribution in [1.82, 2.24) is 20.0 Å². The fourth-order valence-corrected chi connectivity index (χ4v) is 12.5. The van der Waals surface area contributed by atoms with E-state index in [0.29, 0.717) is 86.7 Å². The molecule has 0 saturated carbocycles. The highest BCUT2D eigenvalue weighted by Gasteiger charge is 2.48. The van der Waals surface area contributed by atoms with Gasteiger partial charge in [-0.3, -0.25) is 38.6 Å². The standard InChI is InChI=1S/C65H75F3N8O8.ClH/c1-6-39(2)57(77)31-52(44-22-25-83-26-23-44)63(81)75-34-46-15-20-49(30-51(46)60(75)62(80)72-59-54(67)8-7-9-55(59)68)70-61(79)45-13-18-48(19-14-45)71-64(82)65(5)38-76(56-29-43(12-21-53(56)65)28-42-10-16-47(66)17-11-42)58(78)36-74-33-40(3)69-32-50(74)35-73-24-27-84-37-41(73)4;/h7-21,29-30,39-41,44,50,52,60,69H,6,22-28,31-38H2,1-5H3,(H,70,79)(H,71,82)(H,72,80);1H/t39-,40-,41-,50-,52+,60+,65?;/m1./s1. The number of morpholine rings is 1. The highest BCUT2D eigenvalue weighted by Crippen LogP contribution is 2.44. The highest BCUT2D eigenvalue weighted by atomic mass is 35.5. The number of para-hydroxylation sites is 1. The van der Waals surface area contributed by atoms with Crippen LogP contribution in [-0.2, 0) is 51.8 Å². The van der Waals surface area contributed by atoms with Gasteiger partial charge in [-0.1, -0.05) is 50.2 Å². The Kier molecular flexibility index (Phi) is 20.0. The first kappa shape index (κ1) is 62.5. The van der Waals surface area contributed by atoms with E-state index in [9.17, 15) is 33.2 Å². The minimum atomic E-state index is -1.38. The predicted octanol–water partition coefficient (Wildman–Crippen LogP) is 9.06. The summed E-state index contributed by atoms with van der Waals surface area (Å²) in [5.41, 5.74) is 3.04. The van der Waals surface area contributed by atoms with Crippen molar-refractivity contribution >= 4 is 70.5 Å². The van der Waals surface area contributed by atoms with Crippen LogP contribution in [0.2, 0.25) is 0 Å². The van der Waals surface area contributed by atoms with Crippen molar-refractivity contribution in [1.29, 1.82) is 0 Å². The number of fused-ring (bicyclic) bond motifs is 2. The van der Waals surface area contributed by atoms with Gasteiger partial charge in [0.05, 0.1) is 25.2 Å². The van der Waals surface area contributed by atoms with Crippen molar-refractivity contribution in [2.75, 3.05) is 86.5 Å². The van der Waals surface area contributed by atoms with E-state index in [1.165, 1.54) is 23.1 Å². The van der Waals surface area contributed by atoms with Gasteiger partial charge in [-0.05, 0) is 147 Å². The van der Waals surface area contributed by atoms with Crippen LogP contribution in [0.25, 0.3) is 0 Å². The summed E-state index contributed by atoms with van der Waals surface area (Å²) in [7, 11) is 0. The summed E-state index contributed by atoms with van der Waals surface area (Å²) in [4.78, 5) is 94.1. The van der Waals surface area contributed by atoms with Gasteiger partial charge in [-0.25, -0.2) is 13.2 Å². The molecule has 0 radical (unpaired) electrons. The van der Waals surface area contributed by atoms with Crippen LogP contribution in [-0.4, -0.2) is 134 Å². The molecule has 0 spiro atoms. The number of halogens is 4. The van der Waals surface area contributed by atoms with Gasteiger partial charge in [0.1, 0.15) is 35.0 Å². The number of anilines is 4. The van der Waals surface area contributed by atoms with E-state index in [2.05, 4.69) is 44.9 Å². The maximum absolute atomic E-state index is 15.1. The molecule has 0 bridgehead atoms. The molecular formula is C65H76ClF3N8O8. The van der Waals surface area contributed by atoms with Crippen LogP contribution < -0.4 is 26.2 Å². The van der Waals surface area contributed by atoms with Crippen molar-refractivity contribution < 1.29 is 51.4 Å². The van der Waals surface area contributed by atoms with E-state index >= 15 is 8.78 Å². The molecule has 0 aliphatic carbocycles. The maximum Gasteiger partial charge on any atom is 0.255 e. The third kappa shape index (κ3) is 14.0. The Morgan fingerprint density at radius 1 is 0.800 bits per heavy atom. The van der Waals surface area contributed by atoms with Crippen molar-refractivity contribution in [3.05, 3.63) is 154 Å². The minimum absolute atomic E-state index is 0. The Balaban J connectivity index is 0.00000865. The molecule has 7 atom stereocenters. The lowest BCUT2D eigenvalue weighted by Crippen LogP contribution is -2.62. The van der Waals surface area contributed by atoms with Gasteiger partial charge >= 0.3 is 0 Å². The van der Waals surface area contributed by atoms with Crippen LogP contribution in [0.5, 0.6) is 0 Å². The lowest BCUT2D eigenvalue weighted by atomic mass is 9.80. The average molecular weight is 1190 g/mol. The van der Waals surface area contributed by atoms with E-state index in [1.807, 2.05) is 39.0 Å². The van der Waals surface area contributed by atoms with Crippen molar-refractivity contribution in [3.63, 3.8) is 0 Å². The van der Waals surface area contributed by atoms with Gasteiger partial charge < -0.3 is 40.5 Å². The lowest BCUT2D eigenvalue weighted by molar-refractivity contribution is -0.147. The van der Waals surface area contributed by atoms with Crippen LogP contribution in [0.4, 0.5) is 35.9 Å². The van der Waals surface area contributed by atoms with Crippen LogP contribution in [0.3, 0.4) is 0 Å². The van der Waals surface area contributed by atoms with Gasteiger partial charge in [-0.2, -0.15) is 0 Å². The fourth-order valence-electron chi connectivity index (χ4n) is 12.5. The summed E-state index contributed by atoms with van der Waals surface area (Å²) in [6.45, 7) is 15.1. The Bertz CT molecular complexity index is 3260. The zero-order chi connectivity index (χ0) is 59.4. The molecule has 3 saturated heterocycles. The second-order valence-electron chi connectivity index (χ2n) is 23.7. The third-order valence-corrected chi connectivity index (χ3v) is 17.8. The van der Waals surface area contributed by atoms with Gasteiger partial charge in [-0.15, -0.1) is 12.4 Å². The van der Waals surface area contributed by atoms with Crippen LogP contribution in [0, 0.1) is 35.2 Å². The number of amides is 5. The van der Waals surface area contributed by atoms with Crippen molar-refractivity contribution in [2.24, 2.45) is 17.8 Å². The quantitative estimate of drug-likeness (QED) is 0.0657. The molecule has 5 aromatic carbocycles. The Morgan fingerprint density at radius 3 is 2.21 bits per heavy atom. The first-order chi connectivity index (χ1) is 40.4. The topological polar surface area (TPSA) is 182 Å². The molecule has 16 nitrogen and oxygen atoms in total. The van der Waals surface area contributed by atoms with E-state index in [0.717, 1.165) is 42.9 Å². The van der Waals surface area contributed by atoms with Gasteiger partial charge in [0.2, 0.25) is 17.7 Å². The van der Waals surface area contributed by atoms with Crippen LogP contribution >= 0.6 is 12.4 Å². The lowest BCUT2D eigenvalue weighted by Gasteiger charge is -2.43. The van der Waals surface area contributed by atoms with E-state index in [-0.39, 0.29) is 103 Å². The second-order valence-corrected chi connectivity index (χ2v) is 23.7. The number of nitrogens with zero attached hydrogens (tertiary/aromatic N) is 4. The Labute approximate surface area is 500 Å². The zero-order valence-corrected chi connectivity index (χ0v) is 49.6. The maximum atomic E-state index is 15.1. The summed E-state index contributed by atoms with van der Waals surface area (Å²) in [5, 5.41) is 11.9. The molecular weight excluding hydrogens is 1110 g/mol. The summed E-state index contributed by atoms with van der Waals surface area (Å²) in [6.07, 6.45) is 2.12. The first-order valence-electron chi connectivity index (χ1n) is 29.4. The SMILES string of the molecule is CC[C@@H](C)C(=O)C[C@H](C(=O)N1Cc2ccc(NC(=O)c3ccc(NC(=O)C4(C)CN(C(=O)CN5C[C@@H](C)NC[C@@H]5CN5CCOC[C@H]5C)c5cc(Cc6ccc(F)cc6)ccc54)cc3)cc2[C@H]1C(=O)Nc1c(F)cccc1F)C1CCOCC1.Cl. The number of ether oxygens (including phenoxy) is 2. The average Bonchev–Trinajstić information content (AvgIpc) is 2.44. The van der Waals surface area contributed by atoms with Gasteiger partial charge in [0.15, 0.2) is 0 Å². The number of nitrogens with one attached hydrogen (secondary N) is 4. The molecule has 4 N–H and O–H groups in total. The summed E-state index contributed by atoms with van der Waals surface area (Å²) in [5.74, 6) is -6.02. The summed E-state index contributed by atoms with van der Waals surface area (Å²) >= 11 is 0. The molecule has 5 aromatic rings. The molecule has 5 aliphatic heterocycles. The van der Waals surface area contributed by atoms with Crippen molar-refractivity contribution in [3.8, 4) is 0 Å². The number of rotatable bonds is 18. The molecule has 5 aliphatic rings. The number of hydrogen-bond acceptors (Lipinski definition) is 11. The number of Topliss-reactive ketones (excluding diaryl/α,β-unsaturated/α-hetero) is 1. The Morgan fingerprint density at radius 2 is 1.51 bits per heavy atom. The smallest absolute Gasteiger partial charge is 0.255 e. The number of carbonyl (C=O) groups is 6. The molecule has 5 heterocycles. The number of carbonyl (C=O) groups excluding carboxylic acids is 6. The predicted molar refractivity (Wildman–Crippen MR) is 321 cm³/mol. The number of hydrogen-bond donors (Lipinski definition) is 4. The molecule has 3 fully saturated rings. The first-order valence-corrected chi connectivity index (χ1v) is 29.4. The van der Waals surface area contributed by atoms with E-state index in [1.54, 1.807) is 59.5 Å². The fraction of sp³-hybridized carbons (Fsp3) is 0.446. The molecule has 85 heavy (non-hydrogen) atoms. The summed E-state index contributed by atoms with van der Waals surface area (Å²) < 4.78 is 55.3. The number of ketones is 1. The molecule has 452 valence electrons. The third-order valence-electron chi connectivity index (χ3n) is 17.8. The Hall–Kier alpha value is -7.00. The number of benzene rings is 5. The molecule has 10 rings (SSSR count). The van der Waals surface area contributed by atoms with E-state index in [4.69, 9.17) is 9.47 Å². The van der Waals surface area contributed by atoms with Crippen LogP contribution in [0.1, 0.15) is 105 Å². The minimum Gasteiger partial charge on any atom is -0.381 e.